The first-order chi connectivity index (χ1) is 4.41. The molecule has 0 spiro atoms. The highest BCUT2D eigenvalue weighted by molar-refractivity contribution is 5.85. The monoisotopic (exact) mass is 162 g/mol. The third-order valence-electron chi connectivity index (χ3n) is 1.20. The molecule has 1 N–H and O–H groups in total. The van der Waals surface area contributed by atoms with Crippen LogP contribution in [0.4, 0.5) is 0 Å². The van der Waals surface area contributed by atoms with E-state index >= 15 is 0 Å². The fraction of sp³-hybridized carbons (Fsp3) is 0.857. The van der Waals surface area contributed by atoms with E-state index in [0.29, 0.717) is 0 Å². The van der Waals surface area contributed by atoms with Gasteiger partial charge in [-0.3, -0.25) is 0 Å². The molecule has 60 valence electrons. The van der Waals surface area contributed by atoms with Gasteiger partial charge in [0.25, 0.3) is 0 Å². The molecular formula is C7H15ClN2. The third kappa shape index (κ3) is 10.6. The van der Waals surface area contributed by atoms with E-state index in [9.17, 15) is 0 Å². The Morgan fingerprint density at radius 2 is 2.00 bits per heavy atom. The SMILES string of the molecule is CCCCCCN=C=N.Cl. The van der Waals surface area contributed by atoms with Gasteiger partial charge in [-0.2, -0.15) is 0 Å². The second-order valence-electron chi connectivity index (χ2n) is 2.05. The van der Waals surface area contributed by atoms with Crippen molar-refractivity contribution in [2.24, 2.45) is 4.99 Å². The highest BCUT2D eigenvalue weighted by atomic mass is 35.5. The van der Waals surface area contributed by atoms with Gasteiger partial charge in [0.05, 0.1) is 6.01 Å². The summed E-state index contributed by atoms with van der Waals surface area (Å²) in [5.74, 6) is 0. The average Bonchev–Trinajstić information content (AvgIpc) is 1.89. The van der Waals surface area contributed by atoms with Crippen LogP contribution in [0.1, 0.15) is 32.6 Å². The summed E-state index contributed by atoms with van der Waals surface area (Å²) in [4.78, 5) is 3.66. The Kier molecular flexibility index (Phi) is 14.2. The molecule has 0 bridgehead atoms. The maximum Gasteiger partial charge on any atom is 0.0861 e. The van der Waals surface area contributed by atoms with E-state index in [1.165, 1.54) is 19.3 Å². The Labute approximate surface area is 68.7 Å². The topological polar surface area (TPSA) is 36.2 Å². The molecule has 0 aliphatic heterocycles. The first-order valence-electron chi connectivity index (χ1n) is 3.50. The van der Waals surface area contributed by atoms with Gasteiger partial charge >= 0.3 is 0 Å². The van der Waals surface area contributed by atoms with Crippen molar-refractivity contribution >= 4 is 18.4 Å². The Morgan fingerprint density at radius 3 is 2.50 bits per heavy atom. The number of rotatable bonds is 5. The second kappa shape index (κ2) is 11.5. The summed E-state index contributed by atoms with van der Waals surface area (Å²) in [5, 5.41) is 6.47. The molecule has 0 atom stereocenters. The molecule has 0 rings (SSSR count). The van der Waals surface area contributed by atoms with E-state index in [-0.39, 0.29) is 12.4 Å². The van der Waals surface area contributed by atoms with Gasteiger partial charge in [-0.15, -0.1) is 12.4 Å². The summed E-state index contributed by atoms with van der Waals surface area (Å²) in [6.07, 6.45) is 4.89. The summed E-state index contributed by atoms with van der Waals surface area (Å²) in [5.41, 5.74) is 0. The van der Waals surface area contributed by atoms with Crippen molar-refractivity contribution in [3.05, 3.63) is 0 Å². The molecule has 0 aliphatic carbocycles. The summed E-state index contributed by atoms with van der Waals surface area (Å²) < 4.78 is 0. The minimum Gasteiger partial charge on any atom is -0.242 e. The molecule has 10 heavy (non-hydrogen) atoms. The van der Waals surface area contributed by atoms with E-state index in [1.54, 1.807) is 0 Å². The van der Waals surface area contributed by atoms with Gasteiger partial charge in [-0.25, -0.2) is 10.4 Å². The van der Waals surface area contributed by atoms with Crippen LogP contribution in [0.2, 0.25) is 0 Å². The lowest BCUT2D eigenvalue weighted by Crippen LogP contribution is -1.79. The molecule has 0 aliphatic rings. The number of aliphatic imine (C=N–C) groups is 1. The summed E-state index contributed by atoms with van der Waals surface area (Å²) in [6, 6.07) is 2.02. The van der Waals surface area contributed by atoms with E-state index in [1.807, 2.05) is 6.01 Å². The largest absolute Gasteiger partial charge is 0.242 e. The van der Waals surface area contributed by atoms with Gasteiger partial charge in [0.1, 0.15) is 0 Å². The zero-order valence-corrected chi connectivity index (χ0v) is 7.21. The molecule has 3 heteroatoms. The van der Waals surface area contributed by atoms with Crippen LogP contribution in [0.3, 0.4) is 0 Å². The Morgan fingerprint density at radius 1 is 1.30 bits per heavy atom. The molecule has 0 radical (unpaired) electrons. The van der Waals surface area contributed by atoms with Crippen LogP contribution in [0.5, 0.6) is 0 Å². The van der Waals surface area contributed by atoms with Gasteiger partial charge in [-0.1, -0.05) is 26.2 Å². The zero-order chi connectivity index (χ0) is 6.95. The maximum atomic E-state index is 6.47. The van der Waals surface area contributed by atoms with Crippen molar-refractivity contribution < 1.29 is 0 Å². The normalized spacial score (nSPS) is 7.70. The molecule has 0 aromatic heterocycles. The van der Waals surface area contributed by atoms with Crippen molar-refractivity contribution in [2.75, 3.05) is 6.54 Å². The lowest BCUT2D eigenvalue weighted by molar-refractivity contribution is 0.676. The van der Waals surface area contributed by atoms with Gasteiger partial charge in [0, 0.05) is 6.54 Å². The highest BCUT2D eigenvalue weighted by Gasteiger charge is 1.83. The van der Waals surface area contributed by atoms with Gasteiger partial charge in [-0.05, 0) is 6.42 Å². The number of nitrogens with one attached hydrogen (secondary N) is 1. The number of nitrogens with zero attached hydrogens (tertiary/aromatic N) is 1. The molecule has 0 amide bonds. The molecular weight excluding hydrogens is 148 g/mol. The molecule has 0 fully saturated rings. The van der Waals surface area contributed by atoms with Gasteiger partial charge < -0.3 is 0 Å². The minimum absolute atomic E-state index is 0. The quantitative estimate of drug-likeness (QED) is 0.477. The first kappa shape index (κ1) is 12.4. The van der Waals surface area contributed by atoms with Crippen LogP contribution < -0.4 is 0 Å². The van der Waals surface area contributed by atoms with Gasteiger partial charge in [0.2, 0.25) is 0 Å². The fourth-order valence-corrected chi connectivity index (χ4v) is 0.674. The predicted molar refractivity (Wildman–Crippen MR) is 46.4 cm³/mol. The van der Waals surface area contributed by atoms with Crippen LogP contribution in [-0.2, 0) is 0 Å². The van der Waals surface area contributed by atoms with Crippen LogP contribution >= 0.6 is 12.4 Å². The van der Waals surface area contributed by atoms with Crippen molar-refractivity contribution in [3.63, 3.8) is 0 Å². The smallest absolute Gasteiger partial charge is 0.0861 e. The van der Waals surface area contributed by atoms with Crippen LogP contribution in [0, 0.1) is 5.41 Å². The fourth-order valence-electron chi connectivity index (χ4n) is 0.674. The van der Waals surface area contributed by atoms with E-state index in [0.717, 1.165) is 13.0 Å². The number of hydrogen-bond acceptors (Lipinski definition) is 2. The number of halogens is 1. The van der Waals surface area contributed by atoms with Crippen molar-refractivity contribution in [3.8, 4) is 0 Å². The van der Waals surface area contributed by atoms with Crippen molar-refractivity contribution in [1.29, 1.82) is 5.41 Å². The van der Waals surface area contributed by atoms with Crippen LogP contribution in [0.25, 0.3) is 0 Å². The highest BCUT2D eigenvalue weighted by Crippen LogP contribution is 1.97. The van der Waals surface area contributed by atoms with Crippen molar-refractivity contribution in [1.82, 2.24) is 0 Å². The van der Waals surface area contributed by atoms with E-state index < -0.39 is 0 Å². The first-order valence-corrected chi connectivity index (χ1v) is 3.50. The molecule has 0 aromatic carbocycles. The summed E-state index contributed by atoms with van der Waals surface area (Å²) in [7, 11) is 0. The Bertz CT molecular complexity index is 97.8. The lowest BCUT2D eigenvalue weighted by atomic mass is 10.2. The van der Waals surface area contributed by atoms with Crippen LogP contribution in [-0.4, -0.2) is 12.6 Å². The summed E-state index contributed by atoms with van der Waals surface area (Å²) in [6.45, 7) is 2.96. The summed E-state index contributed by atoms with van der Waals surface area (Å²) >= 11 is 0. The zero-order valence-electron chi connectivity index (χ0n) is 6.39. The minimum atomic E-state index is 0. The van der Waals surface area contributed by atoms with E-state index in [4.69, 9.17) is 5.41 Å². The maximum absolute atomic E-state index is 6.47. The lowest BCUT2D eigenvalue weighted by Gasteiger charge is -1.91. The third-order valence-corrected chi connectivity index (χ3v) is 1.20. The Hall–Kier alpha value is -0.330. The molecule has 0 heterocycles. The predicted octanol–water partition coefficient (Wildman–Crippen LogP) is 2.74. The Balaban J connectivity index is 0. The number of unbranched alkanes of at least 4 members (excludes halogenated alkanes) is 3. The van der Waals surface area contributed by atoms with Crippen molar-refractivity contribution in [2.45, 2.75) is 32.6 Å². The molecule has 0 saturated heterocycles. The van der Waals surface area contributed by atoms with Gasteiger partial charge in [0.15, 0.2) is 0 Å². The second-order valence-corrected chi connectivity index (χ2v) is 2.05. The molecule has 0 unspecified atom stereocenters. The molecule has 0 aromatic rings. The van der Waals surface area contributed by atoms with E-state index in [2.05, 4.69) is 11.9 Å². The average molecular weight is 163 g/mol. The molecule has 0 saturated carbocycles. The standard InChI is InChI=1S/C7H14N2.ClH/c1-2-3-4-5-6-9-7-8;/h8H,2-6H2,1H3;1H. The molecule has 2 nitrogen and oxygen atoms in total. The van der Waals surface area contributed by atoms with Crippen LogP contribution in [0.15, 0.2) is 4.99 Å². The number of hydrogen-bond donors (Lipinski definition) is 1.